The summed E-state index contributed by atoms with van der Waals surface area (Å²) in [5.74, 6) is 0.205. The SMILES string of the molecule is Fc1ccccc1Cn1ncc2cnc(Nc3cnn(CCCN4CCCCC4)c3)nc21. The molecule has 0 unspecified atom stereocenters. The summed E-state index contributed by atoms with van der Waals surface area (Å²) >= 11 is 0. The Labute approximate surface area is 186 Å². The largest absolute Gasteiger partial charge is 0.321 e. The Hall–Kier alpha value is -3.33. The van der Waals surface area contributed by atoms with Gasteiger partial charge in [-0.1, -0.05) is 24.6 Å². The minimum absolute atomic E-state index is 0.253. The van der Waals surface area contributed by atoms with Crippen LogP contribution in [-0.2, 0) is 13.1 Å². The van der Waals surface area contributed by atoms with E-state index in [2.05, 4.69) is 30.4 Å². The molecular weight excluding hydrogens is 407 g/mol. The fraction of sp³-hybridized carbons (Fsp3) is 0.391. The van der Waals surface area contributed by atoms with Crippen LogP contribution in [-0.4, -0.2) is 54.1 Å². The summed E-state index contributed by atoms with van der Waals surface area (Å²) in [5.41, 5.74) is 2.05. The zero-order chi connectivity index (χ0) is 21.8. The summed E-state index contributed by atoms with van der Waals surface area (Å²) in [6.07, 6.45) is 12.3. The van der Waals surface area contributed by atoms with Gasteiger partial charge in [-0.05, 0) is 45.0 Å². The number of fused-ring (bicyclic) bond motifs is 1. The maximum atomic E-state index is 14.0. The molecule has 1 aliphatic rings. The number of benzene rings is 1. The van der Waals surface area contributed by atoms with E-state index in [1.807, 2.05) is 16.9 Å². The van der Waals surface area contributed by atoms with E-state index >= 15 is 0 Å². The molecule has 0 atom stereocenters. The number of likely N-dealkylation sites (tertiary alicyclic amines) is 1. The van der Waals surface area contributed by atoms with Gasteiger partial charge in [-0.2, -0.15) is 15.2 Å². The second-order valence-electron chi connectivity index (χ2n) is 8.24. The molecule has 1 aromatic carbocycles. The molecule has 1 saturated heterocycles. The van der Waals surface area contributed by atoms with Crippen LogP contribution in [0.3, 0.4) is 0 Å². The van der Waals surface area contributed by atoms with Gasteiger partial charge in [-0.15, -0.1) is 0 Å². The molecule has 166 valence electrons. The third-order valence-electron chi connectivity index (χ3n) is 5.85. The average Bonchev–Trinajstić information content (AvgIpc) is 3.43. The van der Waals surface area contributed by atoms with Gasteiger partial charge in [0.15, 0.2) is 5.65 Å². The number of aryl methyl sites for hydroxylation is 1. The highest BCUT2D eigenvalue weighted by Gasteiger charge is 2.11. The van der Waals surface area contributed by atoms with Gasteiger partial charge < -0.3 is 10.2 Å². The second kappa shape index (κ2) is 9.44. The van der Waals surface area contributed by atoms with Crippen molar-refractivity contribution in [2.75, 3.05) is 25.0 Å². The minimum Gasteiger partial charge on any atom is -0.321 e. The van der Waals surface area contributed by atoms with Crippen molar-refractivity contribution in [3.63, 3.8) is 0 Å². The van der Waals surface area contributed by atoms with Gasteiger partial charge in [0, 0.05) is 24.5 Å². The number of hydrogen-bond acceptors (Lipinski definition) is 6. The lowest BCUT2D eigenvalue weighted by Gasteiger charge is -2.26. The van der Waals surface area contributed by atoms with Crippen LogP contribution < -0.4 is 5.32 Å². The van der Waals surface area contributed by atoms with Gasteiger partial charge >= 0.3 is 0 Å². The minimum atomic E-state index is -0.253. The number of nitrogens with zero attached hydrogens (tertiary/aromatic N) is 7. The van der Waals surface area contributed by atoms with Crippen molar-refractivity contribution in [2.45, 2.75) is 38.8 Å². The van der Waals surface area contributed by atoms with E-state index in [4.69, 9.17) is 0 Å². The Bertz CT molecular complexity index is 1180. The van der Waals surface area contributed by atoms with Crippen molar-refractivity contribution in [2.24, 2.45) is 0 Å². The average molecular weight is 435 g/mol. The molecule has 4 heterocycles. The van der Waals surface area contributed by atoms with E-state index in [0.717, 1.165) is 30.6 Å². The molecule has 4 aromatic rings. The summed E-state index contributed by atoms with van der Waals surface area (Å²) < 4.78 is 17.7. The Morgan fingerprint density at radius 3 is 2.72 bits per heavy atom. The maximum absolute atomic E-state index is 14.0. The molecule has 1 fully saturated rings. The van der Waals surface area contributed by atoms with Crippen molar-refractivity contribution in [3.8, 4) is 0 Å². The van der Waals surface area contributed by atoms with E-state index in [-0.39, 0.29) is 5.82 Å². The van der Waals surface area contributed by atoms with Crippen molar-refractivity contribution in [3.05, 3.63) is 60.4 Å². The van der Waals surface area contributed by atoms with E-state index in [0.29, 0.717) is 23.7 Å². The number of aromatic nitrogens is 6. The molecule has 0 amide bonds. The Balaban J connectivity index is 1.23. The molecule has 0 radical (unpaired) electrons. The van der Waals surface area contributed by atoms with Crippen LogP contribution >= 0.6 is 0 Å². The first-order valence-corrected chi connectivity index (χ1v) is 11.2. The predicted molar refractivity (Wildman–Crippen MR) is 121 cm³/mol. The van der Waals surface area contributed by atoms with Crippen molar-refractivity contribution in [1.29, 1.82) is 0 Å². The van der Waals surface area contributed by atoms with Gasteiger partial charge in [0.2, 0.25) is 5.95 Å². The Morgan fingerprint density at radius 2 is 1.84 bits per heavy atom. The molecule has 9 heteroatoms. The lowest BCUT2D eigenvalue weighted by molar-refractivity contribution is 0.222. The molecule has 0 bridgehead atoms. The van der Waals surface area contributed by atoms with Gasteiger partial charge in [0.25, 0.3) is 0 Å². The number of piperidine rings is 1. The number of hydrogen-bond donors (Lipinski definition) is 1. The molecule has 1 N–H and O–H groups in total. The van der Waals surface area contributed by atoms with Crippen LogP contribution in [0.5, 0.6) is 0 Å². The van der Waals surface area contributed by atoms with E-state index < -0.39 is 0 Å². The van der Waals surface area contributed by atoms with Crippen LogP contribution in [0.2, 0.25) is 0 Å². The van der Waals surface area contributed by atoms with Gasteiger partial charge in [0.1, 0.15) is 5.82 Å². The van der Waals surface area contributed by atoms with E-state index in [1.165, 1.54) is 38.4 Å². The van der Waals surface area contributed by atoms with Crippen molar-refractivity contribution in [1.82, 2.24) is 34.4 Å². The van der Waals surface area contributed by atoms with Gasteiger partial charge in [-0.3, -0.25) is 4.68 Å². The fourth-order valence-corrected chi connectivity index (χ4v) is 4.15. The number of nitrogens with one attached hydrogen (secondary N) is 1. The molecule has 8 nitrogen and oxygen atoms in total. The third-order valence-corrected chi connectivity index (χ3v) is 5.85. The highest BCUT2D eigenvalue weighted by Crippen LogP contribution is 2.18. The summed E-state index contributed by atoms with van der Waals surface area (Å²) in [7, 11) is 0. The summed E-state index contributed by atoms with van der Waals surface area (Å²) in [4.78, 5) is 11.5. The quantitative estimate of drug-likeness (QED) is 0.454. The topological polar surface area (TPSA) is 76.7 Å². The Morgan fingerprint density at radius 1 is 0.969 bits per heavy atom. The summed E-state index contributed by atoms with van der Waals surface area (Å²) in [6, 6.07) is 6.70. The normalized spacial score (nSPS) is 14.8. The lowest BCUT2D eigenvalue weighted by Crippen LogP contribution is -2.31. The molecule has 0 spiro atoms. The number of anilines is 2. The van der Waals surface area contributed by atoms with Crippen molar-refractivity contribution < 1.29 is 4.39 Å². The maximum Gasteiger partial charge on any atom is 0.229 e. The first-order valence-electron chi connectivity index (χ1n) is 11.2. The third kappa shape index (κ3) is 4.77. The molecule has 5 rings (SSSR count). The highest BCUT2D eigenvalue weighted by atomic mass is 19.1. The second-order valence-corrected chi connectivity index (χ2v) is 8.24. The first kappa shape index (κ1) is 20.6. The number of halogens is 1. The van der Waals surface area contributed by atoms with Crippen molar-refractivity contribution >= 4 is 22.7 Å². The molecule has 3 aromatic heterocycles. The monoisotopic (exact) mass is 434 g/mol. The molecule has 1 aliphatic heterocycles. The van der Waals surface area contributed by atoms with Crippen LogP contribution in [0.1, 0.15) is 31.2 Å². The lowest BCUT2D eigenvalue weighted by atomic mass is 10.1. The van der Waals surface area contributed by atoms with Crippen LogP contribution in [0.25, 0.3) is 11.0 Å². The smallest absolute Gasteiger partial charge is 0.229 e. The highest BCUT2D eigenvalue weighted by molar-refractivity contribution is 5.75. The van der Waals surface area contributed by atoms with Crippen LogP contribution in [0, 0.1) is 5.82 Å². The Kier molecular flexibility index (Phi) is 6.06. The van der Waals surface area contributed by atoms with Crippen LogP contribution in [0.15, 0.2) is 49.1 Å². The summed E-state index contributed by atoms with van der Waals surface area (Å²) in [6.45, 7) is 4.75. The van der Waals surface area contributed by atoms with Crippen LogP contribution in [0.4, 0.5) is 16.0 Å². The summed E-state index contributed by atoms with van der Waals surface area (Å²) in [5, 5.41) is 12.8. The standard InChI is InChI=1S/C23H27FN8/c24-21-8-3-2-7-18(21)16-32-22-19(14-27-32)13-25-23(29-22)28-20-15-26-31(17-20)12-6-11-30-9-4-1-5-10-30/h2-3,7-8,13-15,17H,1,4-6,9-12,16H2,(H,25,28,29). The first-order chi connectivity index (χ1) is 15.7. The molecule has 0 aliphatic carbocycles. The molecular formula is C23H27FN8. The molecule has 0 saturated carbocycles. The van der Waals surface area contributed by atoms with Gasteiger partial charge in [-0.25, -0.2) is 14.1 Å². The predicted octanol–water partition coefficient (Wildman–Crippen LogP) is 3.83. The van der Waals surface area contributed by atoms with E-state index in [1.54, 1.807) is 35.4 Å². The molecule has 32 heavy (non-hydrogen) atoms. The van der Waals surface area contributed by atoms with Gasteiger partial charge in [0.05, 0.1) is 30.0 Å². The fourth-order valence-electron chi connectivity index (χ4n) is 4.15. The number of rotatable bonds is 8. The zero-order valence-electron chi connectivity index (χ0n) is 18.0. The zero-order valence-corrected chi connectivity index (χ0v) is 18.0. The van der Waals surface area contributed by atoms with E-state index in [9.17, 15) is 4.39 Å².